The van der Waals surface area contributed by atoms with Crippen LogP contribution in [0, 0.1) is 0 Å². The van der Waals surface area contributed by atoms with Crippen LogP contribution < -0.4 is 14.5 Å². The average molecular weight is 324 g/mol. The van der Waals surface area contributed by atoms with E-state index < -0.39 is 6.10 Å². The van der Waals surface area contributed by atoms with Gasteiger partial charge in [-0.3, -0.25) is 14.5 Å². The van der Waals surface area contributed by atoms with Gasteiger partial charge in [0.15, 0.2) is 6.10 Å². The topological polar surface area (TPSA) is 49.9 Å². The third kappa shape index (κ3) is 2.97. The highest BCUT2D eigenvalue weighted by Gasteiger charge is 2.33. The van der Waals surface area contributed by atoms with Crippen molar-refractivity contribution in [1.29, 1.82) is 0 Å². The summed E-state index contributed by atoms with van der Waals surface area (Å²) >= 11 is 0. The first-order chi connectivity index (χ1) is 11.6. The summed E-state index contributed by atoms with van der Waals surface area (Å²) in [4.78, 5) is 28.5. The molecule has 1 unspecified atom stereocenters. The second kappa shape index (κ2) is 6.74. The Bertz CT molecular complexity index is 745. The van der Waals surface area contributed by atoms with Crippen molar-refractivity contribution < 1.29 is 14.3 Å². The number of rotatable bonds is 4. The molecule has 0 aromatic heterocycles. The lowest BCUT2D eigenvalue weighted by atomic mass is 10.2. The van der Waals surface area contributed by atoms with Gasteiger partial charge in [0.05, 0.1) is 5.69 Å². The Hall–Kier alpha value is -2.82. The van der Waals surface area contributed by atoms with Crippen LogP contribution in [0.25, 0.3) is 0 Å². The third-order valence-electron chi connectivity index (χ3n) is 4.05. The summed E-state index contributed by atoms with van der Waals surface area (Å²) in [5.74, 6) is 0.298. The first-order valence-electron chi connectivity index (χ1n) is 8.04. The highest BCUT2D eigenvalue weighted by Crippen LogP contribution is 2.33. The SMILES string of the molecule is CCN(C(=O)CN1C(=O)C(C)Oc2ccccc21)c1ccccc1. The number of anilines is 2. The maximum atomic E-state index is 12.8. The number of amides is 2. The van der Waals surface area contributed by atoms with Crippen LogP contribution in [0.2, 0.25) is 0 Å². The summed E-state index contributed by atoms with van der Waals surface area (Å²) < 4.78 is 5.61. The lowest BCUT2D eigenvalue weighted by Crippen LogP contribution is -2.49. The van der Waals surface area contributed by atoms with Crippen molar-refractivity contribution in [2.24, 2.45) is 0 Å². The van der Waals surface area contributed by atoms with Crippen molar-refractivity contribution in [2.45, 2.75) is 20.0 Å². The number of nitrogens with zero attached hydrogens (tertiary/aromatic N) is 2. The number of hydrogen-bond donors (Lipinski definition) is 0. The van der Waals surface area contributed by atoms with E-state index in [2.05, 4.69) is 0 Å². The van der Waals surface area contributed by atoms with Crippen LogP contribution in [0.1, 0.15) is 13.8 Å². The van der Waals surface area contributed by atoms with Crippen LogP contribution in [0.4, 0.5) is 11.4 Å². The van der Waals surface area contributed by atoms with E-state index in [4.69, 9.17) is 4.74 Å². The molecule has 5 nitrogen and oxygen atoms in total. The van der Waals surface area contributed by atoms with Gasteiger partial charge in [0.2, 0.25) is 5.91 Å². The summed E-state index contributed by atoms with van der Waals surface area (Å²) in [5, 5.41) is 0. The molecule has 24 heavy (non-hydrogen) atoms. The molecule has 0 spiro atoms. The molecule has 5 heteroatoms. The van der Waals surface area contributed by atoms with E-state index in [1.807, 2.05) is 55.5 Å². The van der Waals surface area contributed by atoms with Crippen LogP contribution >= 0.6 is 0 Å². The number of likely N-dealkylation sites (N-methyl/N-ethyl adjacent to an activating group) is 1. The van der Waals surface area contributed by atoms with Gasteiger partial charge in [-0.15, -0.1) is 0 Å². The Morgan fingerprint density at radius 1 is 1.12 bits per heavy atom. The summed E-state index contributed by atoms with van der Waals surface area (Å²) in [7, 11) is 0. The van der Waals surface area contributed by atoms with Crippen LogP contribution in [0.5, 0.6) is 5.75 Å². The molecule has 0 fully saturated rings. The highest BCUT2D eigenvalue weighted by molar-refractivity contribution is 6.06. The second-order valence-corrected chi connectivity index (χ2v) is 5.63. The molecule has 0 N–H and O–H groups in total. The Labute approximate surface area is 141 Å². The fourth-order valence-electron chi connectivity index (χ4n) is 2.85. The Kier molecular flexibility index (Phi) is 4.51. The molecule has 0 saturated carbocycles. The predicted molar refractivity (Wildman–Crippen MR) is 93.4 cm³/mol. The third-order valence-corrected chi connectivity index (χ3v) is 4.05. The summed E-state index contributed by atoms with van der Waals surface area (Å²) in [6.07, 6.45) is -0.598. The van der Waals surface area contributed by atoms with Crippen LogP contribution in [0.15, 0.2) is 54.6 Å². The zero-order chi connectivity index (χ0) is 17.1. The molecule has 1 aliphatic heterocycles. The molecule has 0 bridgehead atoms. The largest absolute Gasteiger partial charge is 0.479 e. The van der Waals surface area contributed by atoms with Gasteiger partial charge in [0.25, 0.3) is 5.91 Å². The van der Waals surface area contributed by atoms with E-state index in [9.17, 15) is 9.59 Å². The van der Waals surface area contributed by atoms with Gasteiger partial charge in [-0.05, 0) is 38.1 Å². The van der Waals surface area contributed by atoms with E-state index in [1.54, 1.807) is 17.9 Å². The number of carbonyl (C=O) groups is 2. The number of hydrogen-bond acceptors (Lipinski definition) is 3. The minimum absolute atomic E-state index is 0.00766. The fourth-order valence-corrected chi connectivity index (χ4v) is 2.85. The first-order valence-corrected chi connectivity index (χ1v) is 8.04. The molecule has 2 aromatic carbocycles. The smallest absolute Gasteiger partial charge is 0.268 e. The summed E-state index contributed by atoms with van der Waals surface area (Å²) in [6, 6.07) is 16.8. The van der Waals surface area contributed by atoms with Crippen molar-refractivity contribution in [3.63, 3.8) is 0 Å². The molecule has 0 saturated heterocycles. The number of para-hydroxylation sites is 3. The van der Waals surface area contributed by atoms with Crippen molar-refractivity contribution in [3.8, 4) is 5.75 Å². The van der Waals surface area contributed by atoms with Gasteiger partial charge in [0.1, 0.15) is 12.3 Å². The highest BCUT2D eigenvalue weighted by atomic mass is 16.5. The molecule has 3 rings (SSSR count). The fraction of sp³-hybridized carbons (Fsp3) is 0.263. The molecular formula is C19H20N2O3. The molecule has 2 aromatic rings. The van der Waals surface area contributed by atoms with Crippen molar-refractivity contribution >= 4 is 23.2 Å². The van der Waals surface area contributed by atoms with E-state index in [0.29, 0.717) is 18.0 Å². The monoisotopic (exact) mass is 324 g/mol. The molecule has 0 aliphatic carbocycles. The van der Waals surface area contributed by atoms with Gasteiger partial charge >= 0.3 is 0 Å². The van der Waals surface area contributed by atoms with E-state index in [0.717, 1.165) is 5.69 Å². The number of benzene rings is 2. The van der Waals surface area contributed by atoms with Crippen LogP contribution in [0.3, 0.4) is 0 Å². The van der Waals surface area contributed by atoms with E-state index in [-0.39, 0.29) is 18.4 Å². The number of fused-ring (bicyclic) bond motifs is 1. The lowest BCUT2D eigenvalue weighted by Gasteiger charge is -2.33. The first kappa shape index (κ1) is 16.1. The molecule has 124 valence electrons. The summed E-state index contributed by atoms with van der Waals surface area (Å²) in [5.41, 5.74) is 1.46. The zero-order valence-electron chi connectivity index (χ0n) is 13.8. The minimum Gasteiger partial charge on any atom is -0.479 e. The van der Waals surface area contributed by atoms with Gasteiger partial charge in [-0.1, -0.05) is 30.3 Å². The van der Waals surface area contributed by atoms with Crippen LogP contribution in [-0.2, 0) is 9.59 Å². The lowest BCUT2D eigenvalue weighted by molar-refractivity contribution is -0.127. The van der Waals surface area contributed by atoms with Crippen molar-refractivity contribution in [3.05, 3.63) is 54.6 Å². The number of carbonyl (C=O) groups excluding carboxylic acids is 2. The Balaban J connectivity index is 1.86. The second-order valence-electron chi connectivity index (χ2n) is 5.63. The summed E-state index contributed by atoms with van der Waals surface area (Å²) in [6.45, 7) is 4.15. The molecule has 0 radical (unpaired) electrons. The molecule has 1 atom stereocenters. The Morgan fingerprint density at radius 2 is 1.79 bits per heavy atom. The normalized spacial score (nSPS) is 16.3. The molecule has 2 amide bonds. The zero-order valence-corrected chi connectivity index (χ0v) is 13.8. The Morgan fingerprint density at radius 3 is 2.50 bits per heavy atom. The van der Waals surface area contributed by atoms with Crippen molar-refractivity contribution in [1.82, 2.24) is 0 Å². The van der Waals surface area contributed by atoms with Crippen LogP contribution in [-0.4, -0.2) is 31.0 Å². The van der Waals surface area contributed by atoms with Gasteiger partial charge in [-0.25, -0.2) is 0 Å². The minimum atomic E-state index is -0.598. The molecule has 1 heterocycles. The van der Waals surface area contributed by atoms with Gasteiger partial charge in [-0.2, -0.15) is 0 Å². The quantitative estimate of drug-likeness (QED) is 0.869. The molecule has 1 aliphatic rings. The van der Waals surface area contributed by atoms with Gasteiger partial charge in [0, 0.05) is 12.2 Å². The maximum absolute atomic E-state index is 12.8. The van der Waals surface area contributed by atoms with Gasteiger partial charge < -0.3 is 9.64 Å². The number of ether oxygens (including phenoxy) is 1. The average Bonchev–Trinajstić information content (AvgIpc) is 2.60. The van der Waals surface area contributed by atoms with Crippen molar-refractivity contribution in [2.75, 3.05) is 22.9 Å². The van der Waals surface area contributed by atoms with E-state index >= 15 is 0 Å². The molecular weight excluding hydrogens is 304 g/mol. The van der Waals surface area contributed by atoms with E-state index in [1.165, 1.54) is 4.90 Å². The maximum Gasteiger partial charge on any atom is 0.268 e. The standard InChI is InChI=1S/C19H20N2O3/c1-3-20(15-9-5-4-6-10-15)18(22)13-21-16-11-7-8-12-17(16)24-14(2)19(21)23/h4-12,14H,3,13H2,1-2H3. The predicted octanol–water partition coefficient (Wildman–Crippen LogP) is 2.85.